The van der Waals surface area contributed by atoms with Gasteiger partial charge in [-0.2, -0.15) is 0 Å². The Balaban J connectivity index is 3.59. The van der Waals surface area contributed by atoms with E-state index in [4.69, 9.17) is 0 Å². The van der Waals surface area contributed by atoms with E-state index < -0.39 is 0 Å². The van der Waals surface area contributed by atoms with Crippen LogP contribution in [0, 0.1) is 16.0 Å². The first-order chi connectivity index (χ1) is 4.70. The van der Waals surface area contributed by atoms with Gasteiger partial charge in [-0.1, -0.05) is 6.92 Å². The zero-order valence-corrected chi connectivity index (χ0v) is 5.95. The second kappa shape index (κ2) is 4.90. The van der Waals surface area contributed by atoms with Crippen LogP contribution >= 0.6 is 0 Å². The fourth-order valence-electron chi connectivity index (χ4n) is 0.717. The van der Waals surface area contributed by atoms with Crippen LogP contribution in [0.25, 0.3) is 0 Å². The minimum Gasteiger partial charge on any atom is -0.303 e. The van der Waals surface area contributed by atoms with Crippen LogP contribution in [0.3, 0.4) is 0 Å². The average molecular weight is 145 g/mol. The molecule has 1 unspecified atom stereocenters. The molecule has 0 bridgehead atoms. The van der Waals surface area contributed by atoms with Gasteiger partial charge in [0, 0.05) is 17.3 Å². The Hall–Kier alpha value is -0.930. The lowest BCUT2D eigenvalue weighted by Crippen LogP contribution is -2.13. The summed E-state index contributed by atoms with van der Waals surface area (Å²) >= 11 is 0. The van der Waals surface area contributed by atoms with Gasteiger partial charge in [0.15, 0.2) is 0 Å². The summed E-state index contributed by atoms with van der Waals surface area (Å²) in [5.41, 5.74) is 0. The molecule has 0 saturated heterocycles. The van der Waals surface area contributed by atoms with E-state index in [1.165, 1.54) is 0 Å². The van der Waals surface area contributed by atoms with Gasteiger partial charge < -0.3 is 4.79 Å². The van der Waals surface area contributed by atoms with E-state index >= 15 is 0 Å². The van der Waals surface area contributed by atoms with Crippen molar-refractivity contribution in [2.75, 3.05) is 6.54 Å². The minimum absolute atomic E-state index is 0.0764. The molecule has 1 atom stereocenters. The van der Waals surface area contributed by atoms with Crippen LogP contribution in [0.1, 0.15) is 19.8 Å². The first-order valence-corrected chi connectivity index (χ1v) is 3.26. The third kappa shape index (κ3) is 4.00. The molecule has 0 saturated carbocycles. The fourth-order valence-corrected chi connectivity index (χ4v) is 0.717. The fraction of sp³-hybridized carbons (Fsp3) is 0.833. The van der Waals surface area contributed by atoms with Gasteiger partial charge in [-0.25, -0.2) is 0 Å². The lowest BCUT2D eigenvalue weighted by atomic mass is 10.0. The zero-order valence-electron chi connectivity index (χ0n) is 5.95. The van der Waals surface area contributed by atoms with Crippen LogP contribution in [0.4, 0.5) is 0 Å². The van der Waals surface area contributed by atoms with E-state index in [2.05, 4.69) is 0 Å². The van der Waals surface area contributed by atoms with Gasteiger partial charge in [-0.05, 0) is 6.42 Å². The van der Waals surface area contributed by atoms with Crippen LogP contribution < -0.4 is 0 Å². The molecule has 0 aromatic carbocycles. The Morgan fingerprint density at radius 2 is 2.30 bits per heavy atom. The first-order valence-electron chi connectivity index (χ1n) is 3.26. The van der Waals surface area contributed by atoms with Crippen molar-refractivity contribution < 1.29 is 9.72 Å². The lowest BCUT2D eigenvalue weighted by Gasteiger charge is -2.03. The Kier molecular flexibility index (Phi) is 4.45. The second-order valence-electron chi connectivity index (χ2n) is 2.19. The molecule has 4 nitrogen and oxygen atoms in total. The molecule has 4 heteroatoms. The molecule has 0 aromatic rings. The summed E-state index contributed by atoms with van der Waals surface area (Å²) in [5.74, 6) is -0.0764. The van der Waals surface area contributed by atoms with Crippen molar-refractivity contribution in [2.45, 2.75) is 19.8 Å². The molecule has 0 aliphatic heterocycles. The van der Waals surface area contributed by atoms with Crippen LogP contribution in [0.15, 0.2) is 0 Å². The van der Waals surface area contributed by atoms with Gasteiger partial charge in [0.2, 0.25) is 6.54 Å². The van der Waals surface area contributed by atoms with Gasteiger partial charge in [0.05, 0.1) is 0 Å². The predicted molar refractivity (Wildman–Crippen MR) is 36.3 cm³/mol. The van der Waals surface area contributed by atoms with Crippen molar-refractivity contribution in [3.8, 4) is 0 Å². The maximum Gasteiger partial charge on any atom is 0.207 e. The third-order valence-electron chi connectivity index (χ3n) is 1.41. The smallest absolute Gasteiger partial charge is 0.207 e. The molecule has 58 valence electrons. The van der Waals surface area contributed by atoms with Crippen LogP contribution in [-0.4, -0.2) is 17.8 Å². The van der Waals surface area contributed by atoms with Gasteiger partial charge in [-0.15, -0.1) is 0 Å². The first kappa shape index (κ1) is 9.07. The molecule has 10 heavy (non-hydrogen) atoms. The number of nitro groups is 1. The highest BCUT2D eigenvalue weighted by molar-refractivity contribution is 5.49. The molecule has 0 spiro atoms. The number of hydrogen-bond donors (Lipinski definition) is 0. The highest BCUT2D eigenvalue weighted by Gasteiger charge is 2.11. The van der Waals surface area contributed by atoms with Crippen LogP contribution in [0.5, 0.6) is 0 Å². The van der Waals surface area contributed by atoms with Gasteiger partial charge in [0.25, 0.3) is 0 Å². The minimum atomic E-state index is -0.377. The van der Waals surface area contributed by atoms with Crippen molar-refractivity contribution >= 4 is 6.29 Å². The molecule has 0 N–H and O–H groups in total. The monoisotopic (exact) mass is 145 g/mol. The summed E-state index contributed by atoms with van der Waals surface area (Å²) in [7, 11) is 0. The number of carbonyl (C=O) groups excluding carboxylic acids is 1. The molecule has 0 radical (unpaired) electrons. The zero-order chi connectivity index (χ0) is 7.98. The number of aldehydes is 1. The molecular formula is C6H11NO3. The summed E-state index contributed by atoms with van der Waals surface area (Å²) in [6, 6.07) is 0. The predicted octanol–water partition coefficient (Wildman–Crippen LogP) is 0.878. The molecule has 0 rings (SSSR count). The molecule has 0 fully saturated rings. The molecule has 0 heterocycles. The average Bonchev–Trinajstić information content (AvgIpc) is 1.86. The quantitative estimate of drug-likeness (QED) is 0.327. The van der Waals surface area contributed by atoms with Crippen molar-refractivity contribution in [2.24, 2.45) is 5.92 Å². The van der Waals surface area contributed by atoms with Crippen molar-refractivity contribution in [1.29, 1.82) is 0 Å². The topological polar surface area (TPSA) is 60.2 Å². The van der Waals surface area contributed by atoms with Crippen molar-refractivity contribution in [1.82, 2.24) is 0 Å². The lowest BCUT2D eigenvalue weighted by molar-refractivity contribution is -0.488. The number of rotatable bonds is 5. The van der Waals surface area contributed by atoms with Gasteiger partial charge in [0.1, 0.15) is 6.29 Å². The van der Waals surface area contributed by atoms with E-state index in [0.717, 1.165) is 6.29 Å². The number of carbonyl (C=O) groups is 1. The normalized spacial score (nSPS) is 12.5. The highest BCUT2D eigenvalue weighted by atomic mass is 16.6. The Morgan fingerprint density at radius 1 is 1.70 bits per heavy atom. The summed E-state index contributed by atoms with van der Waals surface area (Å²) in [6.07, 6.45) is 1.73. The van der Waals surface area contributed by atoms with E-state index in [1.54, 1.807) is 0 Å². The molecule has 0 amide bonds. The maximum absolute atomic E-state index is 9.93. The maximum atomic E-state index is 9.93. The SMILES string of the molecule is CCC(CC=O)C[N+](=O)[O-]. The largest absolute Gasteiger partial charge is 0.303 e. The van der Waals surface area contributed by atoms with Crippen molar-refractivity contribution in [3.05, 3.63) is 10.1 Å². The Labute approximate surface area is 59.4 Å². The highest BCUT2D eigenvalue weighted by Crippen LogP contribution is 2.05. The van der Waals surface area contributed by atoms with E-state index in [1.807, 2.05) is 6.92 Å². The molecule has 0 aliphatic carbocycles. The van der Waals surface area contributed by atoms with E-state index in [-0.39, 0.29) is 17.4 Å². The van der Waals surface area contributed by atoms with E-state index in [9.17, 15) is 14.9 Å². The second-order valence-corrected chi connectivity index (χ2v) is 2.19. The molecule has 0 aromatic heterocycles. The standard InChI is InChI=1S/C6H11NO3/c1-2-6(3-4-8)5-7(9)10/h4,6H,2-3,5H2,1H3. The van der Waals surface area contributed by atoms with Crippen molar-refractivity contribution in [3.63, 3.8) is 0 Å². The number of hydrogen-bond acceptors (Lipinski definition) is 3. The molecular weight excluding hydrogens is 134 g/mol. The summed E-state index contributed by atoms with van der Waals surface area (Å²) in [6.45, 7) is 1.76. The van der Waals surface area contributed by atoms with Crippen LogP contribution in [-0.2, 0) is 4.79 Å². The van der Waals surface area contributed by atoms with Crippen LogP contribution in [0.2, 0.25) is 0 Å². The Morgan fingerprint density at radius 3 is 2.60 bits per heavy atom. The van der Waals surface area contributed by atoms with E-state index in [0.29, 0.717) is 12.8 Å². The summed E-state index contributed by atoms with van der Waals surface area (Å²) in [5, 5.41) is 9.93. The van der Waals surface area contributed by atoms with Gasteiger partial charge >= 0.3 is 0 Å². The van der Waals surface area contributed by atoms with Gasteiger partial charge in [-0.3, -0.25) is 10.1 Å². The third-order valence-corrected chi connectivity index (χ3v) is 1.41. The molecule has 0 aliphatic rings. The summed E-state index contributed by atoms with van der Waals surface area (Å²) in [4.78, 5) is 19.5. The summed E-state index contributed by atoms with van der Waals surface area (Å²) < 4.78 is 0. The number of nitrogens with zero attached hydrogens (tertiary/aromatic N) is 1. The Bertz CT molecular complexity index is 124.